The molecule has 1 saturated heterocycles. The van der Waals surface area contributed by atoms with Crippen molar-refractivity contribution in [2.45, 2.75) is 31.8 Å². The highest BCUT2D eigenvalue weighted by atomic mass is 16.5. The normalized spacial score (nSPS) is 20.4. The molecular weight excluding hydrogens is 228 g/mol. The van der Waals surface area contributed by atoms with Crippen LogP contribution in [-0.4, -0.2) is 17.9 Å². The number of esters is 1. The number of carbonyl (C=O) groups excluding carboxylic acids is 2. The summed E-state index contributed by atoms with van der Waals surface area (Å²) in [7, 11) is 0. The van der Waals surface area contributed by atoms with Gasteiger partial charge in [0.25, 0.3) is 0 Å². The third-order valence-corrected chi connectivity index (χ3v) is 2.93. The number of benzene rings is 1. The van der Waals surface area contributed by atoms with Gasteiger partial charge in [-0.3, -0.25) is 9.59 Å². The topological polar surface area (TPSA) is 43.4 Å². The number of ether oxygens (including phenoxy) is 1. The fourth-order valence-corrected chi connectivity index (χ4v) is 1.93. The van der Waals surface area contributed by atoms with Crippen molar-refractivity contribution in [3.05, 3.63) is 42.0 Å². The molecule has 1 heterocycles. The van der Waals surface area contributed by atoms with Gasteiger partial charge in [0.2, 0.25) is 0 Å². The van der Waals surface area contributed by atoms with E-state index in [-0.39, 0.29) is 11.8 Å². The third-order valence-electron chi connectivity index (χ3n) is 2.93. The Morgan fingerprint density at radius 3 is 2.78 bits per heavy atom. The van der Waals surface area contributed by atoms with Gasteiger partial charge in [0, 0.05) is 6.42 Å². The molecule has 94 valence electrons. The van der Waals surface area contributed by atoms with Crippen molar-refractivity contribution in [3.8, 4) is 0 Å². The Labute approximate surface area is 106 Å². The van der Waals surface area contributed by atoms with E-state index in [1.165, 1.54) is 6.08 Å². The van der Waals surface area contributed by atoms with Crippen LogP contribution < -0.4 is 0 Å². The molecule has 1 unspecified atom stereocenters. The van der Waals surface area contributed by atoms with Crippen molar-refractivity contribution in [2.24, 2.45) is 0 Å². The monoisotopic (exact) mass is 244 g/mol. The van der Waals surface area contributed by atoms with Gasteiger partial charge >= 0.3 is 5.97 Å². The number of hydrogen-bond acceptors (Lipinski definition) is 3. The molecule has 0 saturated carbocycles. The number of carbonyl (C=O) groups is 2. The van der Waals surface area contributed by atoms with Gasteiger partial charge in [-0.05, 0) is 30.9 Å². The van der Waals surface area contributed by atoms with Crippen LogP contribution in [0.3, 0.4) is 0 Å². The van der Waals surface area contributed by atoms with Crippen molar-refractivity contribution in [3.63, 3.8) is 0 Å². The van der Waals surface area contributed by atoms with E-state index in [1.807, 2.05) is 30.3 Å². The summed E-state index contributed by atoms with van der Waals surface area (Å²) < 4.78 is 5.12. The van der Waals surface area contributed by atoms with E-state index in [2.05, 4.69) is 0 Å². The van der Waals surface area contributed by atoms with Gasteiger partial charge in [0.15, 0.2) is 11.9 Å². The number of cyclic esters (lactones) is 1. The number of hydrogen-bond donors (Lipinski definition) is 0. The highest BCUT2D eigenvalue weighted by Gasteiger charge is 2.23. The summed E-state index contributed by atoms with van der Waals surface area (Å²) in [6.45, 7) is 0. The van der Waals surface area contributed by atoms with Gasteiger partial charge in [0.1, 0.15) is 0 Å². The third kappa shape index (κ3) is 3.55. The second-order valence-electron chi connectivity index (χ2n) is 4.37. The van der Waals surface area contributed by atoms with Gasteiger partial charge < -0.3 is 4.74 Å². The smallest absolute Gasteiger partial charge is 0.306 e. The zero-order chi connectivity index (χ0) is 12.8. The summed E-state index contributed by atoms with van der Waals surface area (Å²) >= 11 is 0. The molecule has 1 aromatic carbocycles. The zero-order valence-electron chi connectivity index (χ0n) is 10.2. The van der Waals surface area contributed by atoms with Crippen LogP contribution in [-0.2, 0) is 14.3 Å². The molecule has 0 aromatic heterocycles. The molecule has 0 amide bonds. The van der Waals surface area contributed by atoms with Gasteiger partial charge in [0.05, 0.1) is 0 Å². The minimum absolute atomic E-state index is 0.130. The summed E-state index contributed by atoms with van der Waals surface area (Å²) in [6, 6.07) is 9.59. The second-order valence-corrected chi connectivity index (χ2v) is 4.37. The van der Waals surface area contributed by atoms with Crippen LogP contribution in [0, 0.1) is 0 Å². The number of rotatable bonds is 3. The molecule has 0 bridgehead atoms. The molecular formula is C15H16O3. The van der Waals surface area contributed by atoms with E-state index >= 15 is 0 Å². The van der Waals surface area contributed by atoms with E-state index in [4.69, 9.17) is 4.74 Å². The lowest BCUT2D eigenvalue weighted by Crippen LogP contribution is -2.23. The molecule has 1 aromatic rings. The van der Waals surface area contributed by atoms with Crippen LogP contribution in [0.1, 0.15) is 31.2 Å². The molecule has 2 rings (SSSR count). The van der Waals surface area contributed by atoms with Crippen LogP contribution in [0.4, 0.5) is 0 Å². The molecule has 1 aliphatic heterocycles. The fraction of sp³-hybridized carbons (Fsp3) is 0.333. The van der Waals surface area contributed by atoms with Gasteiger partial charge in [-0.25, -0.2) is 0 Å². The quantitative estimate of drug-likeness (QED) is 0.606. The molecule has 0 N–H and O–H groups in total. The molecule has 3 nitrogen and oxygen atoms in total. The molecule has 1 atom stereocenters. The molecule has 3 heteroatoms. The summed E-state index contributed by atoms with van der Waals surface area (Å²) in [5.74, 6) is -0.395. The molecule has 1 fully saturated rings. The van der Waals surface area contributed by atoms with Crippen LogP contribution >= 0.6 is 0 Å². The Kier molecular flexibility index (Phi) is 4.29. The Balaban J connectivity index is 1.98. The Morgan fingerprint density at radius 2 is 2.00 bits per heavy atom. The van der Waals surface area contributed by atoms with Crippen molar-refractivity contribution in [2.75, 3.05) is 0 Å². The average molecular weight is 244 g/mol. The van der Waals surface area contributed by atoms with Crippen molar-refractivity contribution < 1.29 is 14.3 Å². The Morgan fingerprint density at radius 1 is 1.22 bits per heavy atom. The average Bonchev–Trinajstić information content (AvgIpc) is 2.62. The maximum atomic E-state index is 11.9. The predicted octanol–water partition coefficient (Wildman–Crippen LogP) is 2.75. The van der Waals surface area contributed by atoms with E-state index in [0.717, 1.165) is 18.4 Å². The lowest BCUT2D eigenvalue weighted by Gasteiger charge is -2.10. The molecule has 0 aliphatic carbocycles. The highest BCUT2D eigenvalue weighted by Crippen LogP contribution is 2.15. The van der Waals surface area contributed by atoms with Gasteiger partial charge in [-0.1, -0.05) is 36.4 Å². The summed E-state index contributed by atoms with van der Waals surface area (Å²) in [5, 5.41) is 0. The fourth-order valence-electron chi connectivity index (χ4n) is 1.93. The van der Waals surface area contributed by atoms with Crippen molar-refractivity contribution >= 4 is 17.8 Å². The predicted molar refractivity (Wildman–Crippen MR) is 68.8 cm³/mol. The van der Waals surface area contributed by atoms with E-state index < -0.39 is 6.10 Å². The molecule has 0 radical (unpaired) electrons. The molecule has 0 spiro atoms. The second kappa shape index (κ2) is 6.15. The van der Waals surface area contributed by atoms with Gasteiger partial charge in [-0.2, -0.15) is 0 Å². The van der Waals surface area contributed by atoms with E-state index in [1.54, 1.807) is 6.08 Å². The molecule has 18 heavy (non-hydrogen) atoms. The lowest BCUT2D eigenvalue weighted by atomic mass is 10.1. The largest absolute Gasteiger partial charge is 0.454 e. The first-order chi connectivity index (χ1) is 8.75. The van der Waals surface area contributed by atoms with Crippen molar-refractivity contribution in [1.82, 2.24) is 0 Å². The van der Waals surface area contributed by atoms with E-state index in [9.17, 15) is 9.59 Å². The highest BCUT2D eigenvalue weighted by molar-refractivity contribution is 5.98. The first-order valence-electron chi connectivity index (χ1n) is 6.22. The maximum Gasteiger partial charge on any atom is 0.306 e. The maximum absolute atomic E-state index is 11.9. The molecule has 1 aliphatic rings. The standard InChI is InChI=1S/C15H16O3/c16-13(11-10-12-6-2-1-3-7-12)14-8-4-5-9-15(17)18-14/h1-3,6-7,10-11,14H,4-5,8-9H2. The van der Waals surface area contributed by atoms with Gasteiger partial charge in [-0.15, -0.1) is 0 Å². The Hall–Kier alpha value is -1.90. The van der Waals surface area contributed by atoms with Crippen LogP contribution in [0.2, 0.25) is 0 Å². The van der Waals surface area contributed by atoms with Crippen LogP contribution in [0.5, 0.6) is 0 Å². The Bertz CT molecular complexity index is 448. The van der Waals surface area contributed by atoms with Crippen molar-refractivity contribution in [1.29, 1.82) is 0 Å². The first kappa shape index (κ1) is 12.6. The summed E-state index contributed by atoms with van der Waals surface area (Å²) in [5.41, 5.74) is 0.964. The SMILES string of the molecule is O=C1CCCCC(C(=O)C=Cc2ccccc2)O1. The first-order valence-corrected chi connectivity index (χ1v) is 6.22. The van der Waals surface area contributed by atoms with Crippen LogP contribution in [0.25, 0.3) is 6.08 Å². The minimum Gasteiger partial charge on any atom is -0.454 e. The summed E-state index contributed by atoms with van der Waals surface area (Å²) in [4.78, 5) is 23.2. The van der Waals surface area contributed by atoms with E-state index in [0.29, 0.717) is 12.8 Å². The zero-order valence-corrected chi connectivity index (χ0v) is 10.2. The minimum atomic E-state index is -0.597. The number of ketones is 1. The lowest BCUT2D eigenvalue weighted by molar-refractivity contribution is -0.152. The summed E-state index contributed by atoms with van der Waals surface area (Å²) in [6.07, 6.45) is 5.38. The van der Waals surface area contributed by atoms with Crippen LogP contribution in [0.15, 0.2) is 36.4 Å².